The van der Waals surface area contributed by atoms with Gasteiger partial charge >= 0.3 is 0 Å². The quantitative estimate of drug-likeness (QED) is 0.615. The van der Waals surface area contributed by atoms with E-state index in [1.807, 2.05) is 19.1 Å². The number of aryl methyl sites for hydroxylation is 1. The van der Waals surface area contributed by atoms with E-state index in [0.717, 1.165) is 20.7 Å². The Morgan fingerprint density at radius 3 is 3.17 bits per heavy atom. The molecule has 0 amide bonds. The minimum absolute atomic E-state index is 0.767. The summed E-state index contributed by atoms with van der Waals surface area (Å²) in [6.45, 7) is 1.95. The number of aromatic nitrogens is 1. The third-order valence-electron chi connectivity index (χ3n) is 1.75. The molecule has 0 fully saturated rings. The topological polar surface area (TPSA) is 36.7 Å². The van der Waals surface area contributed by atoms with Gasteiger partial charge in [0.05, 0.1) is 5.56 Å². The SMILES string of the molecule is Cc1sc2ncccc2c1C#N. The molecule has 0 spiro atoms. The van der Waals surface area contributed by atoms with Crippen LogP contribution in [0, 0.1) is 18.3 Å². The van der Waals surface area contributed by atoms with Gasteiger partial charge < -0.3 is 0 Å². The molecule has 58 valence electrons. The van der Waals surface area contributed by atoms with Gasteiger partial charge in [-0.15, -0.1) is 11.3 Å². The molecule has 0 bridgehead atoms. The molecule has 2 aromatic heterocycles. The van der Waals surface area contributed by atoms with Crippen molar-refractivity contribution in [3.63, 3.8) is 0 Å². The molecule has 0 saturated carbocycles. The van der Waals surface area contributed by atoms with Crippen molar-refractivity contribution in [2.45, 2.75) is 6.92 Å². The lowest BCUT2D eigenvalue weighted by molar-refractivity contribution is 1.44. The minimum atomic E-state index is 0.767. The number of nitriles is 1. The largest absolute Gasteiger partial charge is 0.245 e. The van der Waals surface area contributed by atoms with Crippen molar-refractivity contribution in [1.82, 2.24) is 4.98 Å². The molecule has 2 rings (SSSR count). The second-order valence-electron chi connectivity index (χ2n) is 2.50. The van der Waals surface area contributed by atoms with E-state index in [2.05, 4.69) is 11.1 Å². The summed E-state index contributed by atoms with van der Waals surface area (Å²) < 4.78 is 0. The predicted molar refractivity (Wildman–Crippen MR) is 49.1 cm³/mol. The van der Waals surface area contributed by atoms with Crippen LogP contribution < -0.4 is 0 Å². The highest BCUT2D eigenvalue weighted by atomic mass is 32.1. The van der Waals surface area contributed by atoms with Crippen LogP contribution in [0.3, 0.4) is 0 Å². The van der Waals surface area contributed by atoms with E-state index in [4.69, 9.17) is 5.26 Å². The molecule has 0 unspecified atom stereocenters. The van der Waals surface area contributed by atoms with Gasteiger partial charge in [0, 0.05) is 16.5 Å². The van der Waals surface area contributed by atoms with Gasteiger partial charge in [0.25, 0.3) is 0 Å². The number of fused-ring (bicyclic) bond motifs is 1. The summed E-state index contributed by atoms with van der Waals surface area (Å²) in [5.74, 6) is 0. The fraction of sp³-hybridized carbons (Fsp3) is 0.111. The molecule has 3 heteroatoms. The molecule has 0 atom stereocenters. The molecular weight excluding hydrogens is 168 g/mol. The van der Waals surface area contributed by atoms with Gasteiger partial charge in [0.15, 0.2) is 0 Å². The second-order valence-corrected chi connectivity index (χ2v) is 3.70. The van der Waals surface area contributed by atoms with E-state index in [-0.39, 0.29) is 0 Å². The molecule has 0 saturated heterocycles. The fourth-order valence-corrected chi connectivity index (χ4v) is 2.13. The van der Waals surface area contributed by atoms with Crippen LogP contribution in [0.2, 0.25) is 0 Å². The Balaban J connectivity index is 2.93. The van der Waals surface area contributed by atoms with Gasteiger partial charge in [0.2, 0.25) is 0 Å². The van der Waals surface area contributed by atoms with Crippen molar-refractivity contribution in [3.05, 3.63) is 28.8 Å². The summed E-state index contributed by atoms with van der Waals surface area (Å²) in [5, 5.41) is 9.81. The minimum Gasteiger partial charge on any atom is -0.245 e. The summed E-state index contributed by atoms with van der Waals surface area (Å²) in [7, 11) is 0. The maximum absolute atomic E-state index is 8.83. The van der Waals surface area contributed by atoms with Gasteiger partial charge in [-0.25, -0.2) is 4.98 Å². The third kappa shape index (κ3) is 0.892. The maximum Gasteiger partial charge on any atom is 0.124 e. The average Bonchev–Trinajstić information content (AvgIpc) is 2.40. The molecule has 2 heterocycles. The van der Waals surface area contributed by atoms with Gasteiger partial charge in [-0.05, 0) is 19.1 Å². The normalized spacial score (nSPS) is 10.0. The zero-order valence-corrected chi connectivity index (χ0v) is 7.35. The summed E-state index contributed by atoms with van der Waals surface area (Å²) >= 11 is 1.57. The van der Waals surface area contributed by atoms with Crippen LogP contribution in [0.25, 0.3) is 10.2 Å². The Hall–Kier alpha value is -1.40. The third-order valence-corrected chi connectivity index (χ3v) is 2.78. The average molecular weight is 174 g/mol. The highest BCUT2D eigenvalue weighted by Crippen LogP contribution is 2.27. The number of nitrogens with zero attached hydrogens (tertiary/aromatic N) is 2. The van der Waals surface area contributed by atoms with Gasteiger partial charge in [0.1, 0.15) is 10.9 Å². The van der Waals surface area contributed by atoms with Crippen LogP contribution in [-0.4, -0.2) is 4.98 Å². The molecule has 0 N–H and O–H groups in total. The first-order chi connectivity index (χ1) is 5.83. The van der Waals surface area contributed by atoms with Crippen molar-refractivity contribution < 1.29 is 0 Å². The smallest absolute Gasteiger partial charge is 0.124 e. The Bertz CT molecular complexity index is 465. The first kappa shape index (κ1) is 7.26. The van der Waals surface area contributed by atoms with Gasteiger partial charge in [-0.2, -0.15) is 5.26 Å². The van der Waals surface area contributed by atoms with E-state index >= 15 is 0 Å². The van der Waals surface area contributed by atoms with Crippen molar-refractivity contribution in [1.29, 1.82) is 5.26 Å². The zero-order valence-electron chi connectivity index (χ0n) is 6.53. The number of thiophene rings is 1. The predicted octanol–water partition coefficient (Wildman–Crippen LogP) is 2.48. The number of hydrogen-bond acceptors (Lipinski definition) is 3. The van der Waals surface area contributed by atoms with Gasteiger partial charge in [-0.1, -0.05) is 0 Å². The van der Waals surface area contributed by atoms with Crippen LogP contribution in [0.1, 0.15) is 10.4 Å². The first-order valence-corrected chi connectivity index (χ1v) is 4.39. The molecular formula is C9H6N2S. The maximum atomic E-state index is 8.83. The van der Waals surface area contributed by atoms with Crippen LogP contribution in [0.4, 0.5) is 0 Å². The summed E-state index contributed by atoms with van der Waals surface area (Å²) in [4.78, 5) is 6.18. The highest BCUT2D eigenvalue weighted by molar-refractivity contribution is 7.18. The number of rotatable bonds is 0. The van der Waals surface area contributed by atoms with E-state index in [1.165, 1.54) is 0 Å². The van der Waals surface area contributed by atoms with Crippen molar-refractivity contribution in [2.75, 3.05) is 0 Å². The number of pyridine rings is 1. The molecule has 0 aliphatic heterocycles. The molecule has 2 aromatic rings. The molecule has 12 heavy (non-hydrogen) atoms. The lowest BCUT2D eigenvalue weighted by atomic mass is 10.2. The standard InChI is InChI=1S/C9H6N2S/c1-6-8(5-10)7-3-2-4-11-9(7)12-6/h2-4H,1H3. The summed E-state index contributed by atoms with van der Waals surface area (Å²) in [5.41, 5.74) is 0.767. The Morgan fingerprint density at radius 2 is 2.42 bits per heavy atom. The van der Waals surface area contributed by atoms with Crippen LogP contribution in [0.5, 0.6) is 0 Å². The van der Waals surface area contributed by atoms with Crippen LogP contribution >= 0.6 is 11.3 Å². The molecule has 0 aromatic carbocycles. The van der Waals surface area contributed by atoms with Crippen LogP contribution in [-0.2, 0) is 0 Å². The first-order valence-electron chi connectivity index (χ1n) is 3.57. The van der Waals surface area contributed by atoms with Crippen molar-refractivity contribution >= 4 is 21.6 Å². The fourth-order valence-electron chi connectivity index (χ4n) is 1.19. The van der Waals surface area contributed by atoms with E-state index in [1.54, 1.807) is 17.5 Å². The zero-order chi connectivity index (χ0) is 8.55. The Labute approximate surface area is 74.1 Å². The van der Waals surface area contributed by atoms with Crippen LogP contribution in [0.15, 0.2) is 18.3 Å². The van der Waals surface area contributed by atoms with E-state index in [0.29, 0.717) is 0 Å². The lowest BCUT2D eigenvalue weighted by Gasteiger charge is -1.85. The second kappa shape index (κ2) is 2.58. The van der Waals surface area contributed by atoms with E-state index in [9.17, 15) is 0 Å². The highest BCUT2D eigenvalue weighted by Gasteiger charge is 2.07. The summed E-state index contributed by atoms with van der Waals surface area (Å²) in [6.07, 6.45) is 1.75. The summed E-state index contributed by atoms with van der Waals surface area (Å²) in [6, 6.07) is 5.98. The molecule has 2 nitrogen and oxygen atoms in total. The van der Waals surface area contributed by atoms with Crippen molar-refractivity contribution in [3.8, 4) is 6.07 Å². The molecule has 0 aliphatic carbocycles. The number of hydrogen-bond donors (Lipinski definition) is 0. The molecule has 0 aliphatic rings. The van der Waals surface area contributed by atoms with Gasteiger partial charge in [-0.3, -0.25) is 0 Å². The molecule has 0 radical (unpaired) electrons. The Morgan fingerprint density at radius 1 is 1.58 bits per heavy atom. The lowest BCUT2D eigenvalue weighted by Crippen LogP contribution is -1.73. The monoisotopic (exact) mass is 174 g/mol. The van der Waals surface area contributed by atoms with E-state index < -0.39 is 0 Å². The van der Waals surface area contributed by atoms with Crippen molar-refractivity contribution in [2.24, 2.45) is 0 Å². The Kier molecular flexibility index (Phi) is 1.56.